The van der Waals surface area contributed by atoms with Crippen molar-refractivity contribution in [2.24, 2.45) is 0 Å². The number of benzene rings is 1. The summed E-state index contributed by atoms with van der Waals surface area (Å²) in [5.41, 5.74) is 3.64. The summed E-state index contributed by atoms with van der Waals surface area (Å²) >= 11 is 0. The lowest BCUT2D eigenvalue weighted by Gasteiger charge is -2.13. The van der Waals surface area contributed by atoms with Gasteiger partial charge in [0, 0.05) is 38.1 Å². The first-order valence-corrected chi connectivity index (χ1v) is 5.42. The number of rotatable bonds is 3. The molecule has 0 saturated carbocycles. The summed E-state index contributed by atoms with van der Waals surface area (Å²) in [4.78, 5) is 6.45. The summed E-state index contributed by atoms with van der Waals surface area (Å²) in [6, 6.07) is 14.6. The summed E-state index contributed by atoms with van der Waals surface area (Å²) in [6.45, 7) is 0. The Balaban J connectivity index is 2.19. The number of nitrogens with zero attached hydrogens (tertiary/aromatic N) is 2. The number of aromatic nitrogens is 1. The molecule has 1 aromatic heterocycles. The number of anilines is 1. The monoisotopic (exact) mass is 212 g/mol. The molecule has 16 heavy (non-hydrogen) atoms. The summed E-state index contributed by atoms with van der Waals surface area (Å²) < 4.78 is 0. The fourth-order valence-electron chi connectivity index (χ4n) is 1.66. The van der Waals surface area contributed by atoms with E-state index in [9.17, 15) is 0 Å². The second kappa shape index (κ2) is 4.79. The molecule has 82 valence electrons. The van der Waals surface area contributed by atoms with Crippen LogP contribution < -0.4 is 4.90 Å². The minimum atomic E-state index is 0.891. The summed E-state index contributed by atoms with van der Waals surface area (Å²) in [5.74, 6) is 0. The highest BCUT2D eigenvalue weighted by molar-refractivity contribution is 5.47. The Kier molecular flexibility index (Phi) is 3.20. The van der Waals surface area contributed by atoms with E-state index in [1.54, 1.807) is 0 Å². The van der Waals surface area contributed by atoms with E-state index in [0.717, 1.165) is 12.1 Å². The van der Waals surface area contributed by atoms with Crippen LogP contribution in [0.4, 0.5) is 5.69 Å². The van der Waals surface area contributed by atoms with E-state index in [-0.39, 0.29) is 0 Å². The molecule has 0 unspecified atom stereocenters. The number of hydrogen-bond acceptors (Lipinski definition) is 2. The van der Waals surface area contributed by atoms with Gasteiger partial charge in [-0.25, -0.2) is 0 Å². The van der Waals surface area contributed by atoms with Crippen molar-refractivity contribution in [3.63, 3.8) is 0 Å². The molecule has 0 radical (unpaired) electrons. The van der Waals surface area contributed by atoms with Gasteiger partial charge in [0.15, 0.2) is 0 Å². The van der Waals surface area contributed by atoms with Crippen LogP contribution in [0, 0.1) is 0 Å². The van der Waals surface area contributed by atoms with E-state index in [0.29, 0.717) is 0 Å². The third kappa shape index (κ3) is 2.60. The van der Waals surface area contributed by atoms with E-state index in [1.165, 1.54) is 11.3 Å². The van der Waals surface area contributed by atoms with Crippen molar-refractivity contribution in [3.05, 3.63) is 59.9 Å². The van der Waals surface area contributed by atoms with Crippen molar-refractivity contribution in [2.75, 3.05) is 19.0 Å². The minimum absolute atomic E-state index is 0.891. The van der Waals surface area contributed by atoms with Crippen LogP contribution in [0.15, 0.2) is 48.7 Å². The molecule has 2 aromatic rings. The van der Waals surface area contributed by atoms with Crippen LogP contribution in [0.1, 0.15) is 11.3 Å². The van der Waals surface area contributed by atoms with E-state index in [1.807, 2.05) is 18.3 Å². The molecule has 2 heteroatoms. The van der Waals surface area contributed by atoms with Gasteiger partial charge in [-0.15, -0.1) is 0 Å². The molecule has 0 aliphatic carbocycles. The van der Waals surface area contributed by atoms with Gasteiger partial charge in [0.05, 0.1) is 0 Å². The van der Waals surface area contributed by atoms with Crippen molar-refractivity contribution >= 4 is 5.69 Å². The Morgan fingerprint density at radius 1 is 1.06 bits per heavy atom. The molecule has 0 spiro atoms. The minimum Gasteiger partial charge on any atom is -0.378 e. The topological polar surface area (TPSA) is 16.1 Å². The van der Waals surface area contributed by atoms with Gasteiger partial charge in [-0.2, -0.15) is 0 Å². The quantitative estimate of drug-likeness (QED) is 0.777. The average Bonchev–Trinajstić information content (AvgIpc) is 2.30. The van der Waals surface area contributed by atoms with Crippen molar-refractivity contribution in [1.82, 2.24) is 4.98 Å². The van der Waals surface area contributed by atoms with E-state index >= 15 is 0 Å². The predicted octanol–water partition coefficient (Wildman–Crippen LogP) is 2.74. The number of pyridine rings is 1. The van der Waals surface area contributed by atoms with E-state index in [2.05, 4.69) is 54.3 Å². The maximum atomic E-state index is 4.33. The molecule has 0 aliphatic heterocycles. The van der Waals surface area contributed by atoms with Gasteiger partial charge in [-0.3, -0.25) is 4.98 Å². The second-order valence-electron chi connectivity index (χ2n) is 4.06. The molecule has 0 bridgehead atoms. The molecule has 1 aromatic carbocycles. The van der Waals surface area contributed by atoms with Gasteiger partial charge >= 0.3 is 0 Å². The first-order chi connectivity index (χ1) is 7.75. The van der Waals surface area contributed by atoms with Crippen LogP contribution in [0.3, 0.4) is 0 Å². The first kappa shape index (κ1) is 10.7. The molecule has 1 heterocycles. The molecule has 0 N–H and O–H groups in total. The normalized spacial score (nSPS) is 10.1. The lowest BCUT2D eigenvalue weighted by Crippen LogP contribution is -2.08. The van der Waals surface area contributed by atoms with Gasteiger partial charge in [0.25, 0.3) is 0 Å². The third-order valence-corrected chi connectivity index (χ3v) is 2.54. The molecule has 0 aliphatic rings. The largest absolute Gasteiger partial charge is 0.378 e. The summed E-state index contributed by atoms with van der Waals surface area (Å²) in [7, 11) is 4.11. The molecule has 0 amide bonds. The number of hydrogen-bond donors (Lipinski definition) is 0. The zero-order valence-corrected chi connectivity index (χ0v) is 9.72. The maximum absolute atomic E-state index is 4.33. The Morgan fingerprint density at radius 3 is 2.62 bits per heavy atom. The van der Waals surface area contributed by atoms with Crippen LogP contribution in [-0.4, -0.2) is 19.1 Å². The van der Waals surface area contributed by atoms with Gasteiger partial charge < -0.3 is 4.90 Å². The van der Waals surface area contributed by atoms with Crippen molar-refractivity contribution in [1.29, 1.82) is 0 Å². The van der Waals surface area contributed by atoms with E-state index in [4.69, 9.17) is 0 Å². The Labute approximate surface area is 96.6 Å². The van der Waals surface area contributed by atoms with Gasteiger partial charge in [-0.05, 0) is 29.8 Å². The molecular weight excluding hydrogens is 196 g/mol. The van der Waals surface area contributed by atoms with Crippen LogP contribution in [0.25, 0.3) is 0 Å². The van der Waals surface area contributed by atoms with Crippen LogP contribution in [0.5, 0.6) is 0 Å². The molecule has 2 rings (SSSR count). The highest BCUT2D eigenvalue weighted by Crippen LogP contribution is 2.15. The highest BCUT2D eigenvalue weighted by Gasteiger charge is 1.99. The maximum Gasteiger partial charge on any atom is 0.0447 e. The summed E-state index contributed by atoms with van der Waals surface area (Å²) in [5, 5.41) is 0. The predicted molar refractivity (Wildman–Crippen MR) is 67.8 cm³/mol. The second-order valence-corrected chi connectivity index (χ2v) is 4.06. The zero-order chi connectivity index (χ0) is 11.4. The fourth-order valence-corrected chi connectivity index (χ4v) is 1.66. The Morgan fingerprint density at radius 2 is 1.94 bits per heavy atom. The summed E-state index contributed by atoms with van der Waals surface area (Å²) in [6.07, 6.45) is 2.73. The van der Waals surface area contributed by atoms with Crippen LogP contribution >= 0.6 is 0 Å². The van der Waals surface area contributed by atoms with Crippen LogP contribution in [-0.2, 0) is 6.42 Å². The fraction of sp³-hybridized carbons (Fsp3) is 0.214. The molecular formula is C14H16N2. The van der Waals surface area contributed by atoms with Gasteiger partial charge in [0.2, 0.25) is 0 Å². The van der Waals surface area contributed by atoms with Gasteiger partial charge in [-0.1, -0.05) is 18.2 Å². The smallest absolute Gasteiger partial charge is 0.0447 e. The lowest BCUT2D eigenvalue weighted by molar-refractivity contribution is 1.06. The molecule has 0 fully saturated rings. The van der Waals surface area contributed by atoms with E-state index < -0.39 is 0 Å². The lowest BCUT2D eigenvalue weighted by atomic mass is 10.1. The average molecular weight is 212 g/mol. The standard InChI is InChI=1S/C14H16N2/c1-16(2)14-8-5-6-12(11-14)10-13-7-3-4-9-15-13/h3-9,11H,10H2,1-2H3. The first-order valence-electron chi connectivity index (χ1n) is 5.42. The van der Waals surface area contributed by atoms with Crippen LogP contribution in [0.2, 0.25) is 0 Å². The van der Waals surface area contributed by atoms with Crippen molar-refractivity contribution < 1.29 is 0 Å². The zero-order valence-electron chi connectivity index (χ0n) is 9.72. The molecule has 0 saturated heterocycles. The SMILES string of the molecule is CN(C)c1cccc(Cc2ccccn2)c1. The third-order valence-electron chi connectivity index (χ3n) is 2.54. The molecule has 2 nitrogen and oxygen atoms in total. The van der Waals surface area contributed by atoms with Gasteiger partial charge in [0.1, 0.15) is 0 Å². The Hall–Kier alpha value is -1.83. The molecule has 0 atom stereocenters. The highest BCUT2D eigenvalue weighted by atomic mass is 15.1. The van der Waals surface area contributed by atoms with Crippen molar-refractivity contribution in [3.8, 4) is 0 Å². The van der Waals surface area contributed by atoms with Crippen molar-refractivity contribution in [2.45, 2.75) is 6.42 Å². The Bertz CT molecular complexity index is 449.